The smallest absolute Gasteiger partial charge is 0.224 e. The number of fused-ring (bicyclic) bond motifs is 1. The second-order valence-electron chi connectivity index (χ2n) is 5.64. The number of hydrogen-bond donors (Lipinski definition) is 0. The Labute approximate surface area is 125 Å². The number of carbonyl (C=O) groups is 2. The molecule has 0 unspecified atom stereocenters. The summed E-state index contributed by atoms with van der Waals surface area (Å²) in [5.41, 5.74) is 2.65. The zero-order chi connectivity index (χ0) is 14.7. The Balaban J connectivity index is 1.50. The molecule has 2 aliphatic heterocycles. The molecule has 0 bridgehead atoms. The van der Waals surface area contributed by atoms with Crippen LogP contribution in [0.25, 0.3) is 0 Å². The zero-order valence-corrected chi connectivity index (χ0v) is 12.2. The summed E-state index contributed by atoms with van der Waals surface area (Å²) in [5, 5.41) is 0. The van der Waals surface area contributed by atoms with Crippen molar-refractivity contribution in [3.63, 3.8) is 0 Å². The number of benzene rings is 1. The first-order valence-corrected chi connectivity index (χ1v) is 7.58. The van der Waals surface area contributed by atoms with Crippen LogP contribution < -0.4 is 4.90 Å². The molecule has 1 saturated heterocycles. The molecular weight excluding hydrogens is 266 g/mol. The molecule has 0 spiro atoms. The topological polar surface area (TPSA) is 43.9 Å². The van der Waals surface area contributed by atoms with E-state index in [1.54, 1.807) is 4.90 Å². The summed E-state index contributed by atoms with van der Waals surface area (Å²) in [6, 6.07) is 8.42. The van der Waals surface area contributed by atoms with Gasteiger partial charge in [0.1, 0.15) is 0 Å². The van der Waals surface area contributed by atoms with Crippen LogP contribution in [0.2, 0.25) is 0 Å². The van der Waals surface area contributed by atoms with Gasteiger partial charge >= 0.3 is 0 Å². The van der Waals surface area contributed by atoms with Gasteiger partial charge in [0.2, 0.25) is 12.3 Å². The zero-order valence-electron chi connectivity index (χ0n) is 12.2. The fourth-order valence-corrected chi connectivity index (χ4v) is 3.10. The van der Waals surface area contributed by atoms with Crippen LogP contribution in [0.15, 0.2) is 24.3 Å². The maximum absolute atomic E-state index is 12.3. The normalized spacial score (nSPS) is 17.8. The average molecular weight is 287 g/mol. The standard InChI is InChI=1S/C16H21N3O2/c20-13-17-9-11-19(12-10-17)16(21)6-8-18-7-5-14-3-1-2-4-15(14)18/h1-4,13H,5-12H2. The van der Waals surface area contributed by atoms with Crippen LogP contribution in [0, 0.1) is 0 Å². The highest BCUT2D eigenvalue weighted by molar-refractivity contribution is 5.77. The second-order valence-corrected chi connectivity index (χ2v) is 5.64. The minimum Gasteiger partial charge on any atom is -0.370 e. The lowest BCUT2D eigenvalue weighted by atomic mass is 10.2. The first-order chi connectivity index (χ1) is 10.3. The SMILES string of the molecule is O=CN1CCN(C(=O)CCN2CCc3ccccc32)CC1. The maximum Gasteiger partial charge on any atom is 0.224 e. The number of carbonyl (C=O) groups excluding carboxylic acids is 2. The quantitative estimate of drug-likeness (QED) is 0.767. The van der Waals surface area contributed by atoms with Gasteiger partial charge in [-0.15, -0.1) is 0 Å². The van der Waals surface area contributed by atoms with E-state index in [0.29, 0.717) is 32.6 Å². The second kappa shape index (κ2) is 6.16. The Morgan fingerprint density at radius 2 is 1.86 bits per heavy atom. The summed E-state index contributed by atoms with van der Waals surface area (Å²) in [4.78, 5) is 28.8. The van der Waals surface area contributed by atoms with Crippen molar-refractivity contribution in [3.05, 3.63) is 29.8 Å². The van der Waals surface area contributed by atoms with Crippen LogP contribution in [0.4, 0.5) is 5.69 Å². The first-order valence-electron chi connectivity index (χ1n) is 7.58. The number of amides is 2. The van der Waals surface area contributed by atoms with Crippen molar-refractivity contribution in [1.29, 1.82) is 0 Å². The van der Waals surface area contributed by atoms with E-state index in [1.807, 2.05) is 4.90 Å². The Kier molecular flexibility index (Phi) is 4.08. The van der Waals surface area contributed by atoms with Gasteiger partial charge in [0.25, 0.3) is 0 Å². The molecule has 0 N–H and O–H groups in total. The fraction of sp³-hybridized carbons (Fsp3) is 0.500. The number of nitrogens with zero attached hydrogens (tertiary/aromatic N) is 3. The van der Waals surface area contributed by atoms with Crippen LogP contribution in [-0.4, -0.2) is 61.4 Å². The third-order valence-corrected chi connectivity index (χ3v) is 4.39. The molecule has 0 atom stereocenters. The van der Waals surface area contributed by atoms with Crippen LogP contribution in [-0.2, 0) is 16.0 Å². The highest BCUT2D eigenvalue weighted by Crippen LogP contribution is 2.27. The van der Waals surface area contributed by atoms with Gasteiger partial charge in [0.05, 0.1) is 0 Å². The number of hydrogen-bond acceptors (Lipinski definition) is 3. The number of rotatable bonds is 4. The van der Waals surface area contributed by atoms with E-state index in [9.17, 15) is 9.59 Å². The van der Waals surface area contributed by atoms with E-state index < -0.39 is 0 Å². The predicted molar refractivity (Wildman–Crippen MR) is 81.2 cm³/mol. The van der Waals surface area contributed by atoms with Crippen molar-refractivity contribution >= 4 is 18.0 Å². The maximum atomic E-state index is 12.3. The van der Waals surface area contributed by atoms with E-state index in [0.717, 1.165) is 25.9 Å². The summed E-state index contributed by atoms with van der Waals surface area (Å²) in [7, 11) is 0. The molecule has 0 aliphatic carbocycles. The lowest BCUT2D eigenvalue weighted by Crippen LogP contribution is -2.48. The Morgan fingerprint density at radius 1 is 1.10 bits per heavy atom. The lowest BCUT2D eigenvalue weighted by Gasteiger charge is -2.33. The van der Waals surface area contributed by atoms with Crippen LogP contribution in [0.5, 0.6) is 0 Å². The van der Waals surface area contributed by atoms with Crippen molar-refractivity contribution in [2.75, 3.05) is 44.2 Å². The molecule has 2 amide bonds. The molecule has 0 aromatic heterocycles. The summed E-state index contributed by atoms with van der Waals surface area (Å²) in [6.07, 6.45) is 2.49. The summed E-state index contributed by atoms with van der Waals surface area (Å²) < 4.78 is 0. The summed E-state index contributed by atoms with van der Waals surface area (Å²) >= 11 is 0. The van der Waals surface area contributed by atoms with Crippen molar-refractivity contribution in [3.8, 4) is 0 Å². The Bertz CT molecular complexity index is 524. The number of piperazine rings is 1. The van der Waals surface area contributed by atoms with Crippen molar-refractivity contribution in [2.24, 2.45) is 0 Å². The molecule has 0 saturated carbocycles. The van der Waals surface area contributed by atoms with Crippen molar-refractivity contribution in [1.82, 2.24) is 9.80 Å². The molecule has 5 heteroatoms. The summed E-state index contributed by atoms with van der Waals surface area (Å²) in [6.45, 7) is 4.42. The highest BCUT2D eigenvalue weighted by atomic mass is 16.2. The summed E-state index contributed by atoms with van der Waals surface area (Å²) in [5.74, 6) is 0.199. The third-order valence-electron chi connectivity index (χ3n) is 4.39. The van der Waals surface area contributed by atoms with E-state index in [2.05, 4.69) is 29.2 Å². The molecule has 2 heterocycles. The van der Waals surface area contributed by atoms with Crippen molar-refractivity contribution in [2.45, 2.75) is 12.8 Å². The van der Waals surface area contributed by atoms with E-state index in [1.165, 1.54) is 11.3 Å². The van der Waals surface area contributed by atoms with Crippen LogP contribution in [0.1, 0.15) is 12.0 Å². The third kappa shape index (κ3) is 3.01. The van der Waals surface area contributed by atoms with Gasteiger partial charge < -0.3 is 14.7 Å². The largest absolute Gasteiger partial charge is 0.370 e. The molecule has 5 nitrogen and oxygen atoms in total. The average Bonchev–Trinajstić information content (AvgIpc) is 2.96. The Hall–Kier alpha value is -2.04. The van der Waals surface area contributed by atoms with Crippen LogP contribution >= 0.6 is 0 Å². The van der Waals surface area contributed by atoms with Crippen molar-refractivity contribution < 1.29 is 9.59 Å². The molecule has 112 valence electrons. The molecule has 2 aliphatic rings. The molecule has 1 fully saturated rings. The minimum absolute atomic E-state index is 0.199. The Morgan fingerprint density at radius 3 is 2.62 bits per heavy atom. The van der Waals surface area contributed by atoms with Crippen LogP contribution in [0.3, 0.4) is 0 Å². The van der Waals surface area contributed by atoms with E-state index in [4.69, 9.17) is 0 Å². The van der Waals surface area contributed by atoms with Gasteiger partial charge in [-0.1, -0.05) is 18.2 Å². The molecule has 1 aromatic rings. The lowest BCUT2D eigenvalue weighted by molar-refractivity contribution is -0.134. The van der Waals surface area contributed by atoms with Gasteiger partial charge in [-0.2, -0.15) is 0 Å². The molecular formula is C16H21N3O2. The van der Waals surface area contributed by atoms with Gasteiger partial charge in [-0.05, 0) is 18.1 Å². The fourth-order valence-electron chi connectivity index (χ4n) is 3.10. The van der Waals surface area contributed by atoms with E-state index in [-0.39, 0.29) is 5.91 Å². The monoisotopic (exact) mass is 287 g/mol. The first kappa shape index (κ1) is 13.9. The molecule has 3 rings (SSSR count). The van der Waals surface area contributed by atoms with Gasteiger partial charge in [0.15, 0.2) is 0 Å². The molecule has 21 heavy (non-hydrogen) atoms. The van der Waals surface area contributed by atoms with Gasteiger partial charge in [-0.25, -0.2) is 0 Å². The molecule has 0 radical (unpaired) electrons. The van der Waals surface area contributed by atoms with E-state index >= 15 is 0 Å². The highest BCUT2D eigenvalue weighted by Gasteiger charge is 2.22. The molecule has 1 aromatic carbocycles. The minimum atomic E-state index is 0.199. The number of para-hydroxylation sites is 1. The van der Waals surface area contributed by atoms with Gasteiger partial charge in [-0.3, -0.25) is 9.59 Å². The predicted octanol–water partition coefficient (Wildman–Crippen LogP) is 0.740. The number of anilines is 1. The van der Waals surface area contributed by atoms with Gasteiger partial charge in [0, 0.05) is 51.4 Å².